The number of hydrogen-bond acceptors (Lipinski definition) is 3. The lowest BCUT2D eigenvalue weighted by Gasteiger charge is -2.33. The zero-order valence-electron chi connectivity index (χ0n) is 17.5. The highest BCUT2D eigenvalue weighted by Crippen LogP contribution is 2.45. The van der Waals surface area contributed by atoms with Crippen molar-refractivity contribution in [1.29, 1.82) is 0 Å². The maximum absolute atomic E-state index is 15.9. The molecule has 9 heteroatoms. The van der Waals surface area contributed by atoms with Crippen molar-refractivity contribution in [3.63, 3.8) is 0 Å². The van der Waals surface area contributed by atoms with Gasteiger partial charge in [0.15, 0.2) is 0 Å². The molecule has 3 atom stereocenters. The molecule has 0 fully saturated rings. The number of ether oxygens (including phenoxy) is 1. The molecule has 174 valence electrons. The normalized spacial score (nSPS) is 15.3. The lowest BCUT2D eigenvalue weighted by molar-refractivity contribution is -0.247. The average Bonchev–Trinajstić information content (AvgIpc) is 2.81. The monoisotopic (exact) mass is 479 g/mol. The smallest absolute Gasteiger partial charge is 0.435 e. The fourth-order valence-corrected chi connectivity index (χ4v) is 4.12. The van der Waals surface area contributed by atoms with Gasteiger partial charge < -0.3 is 4.74 Å². The molecule has 3 aromatic carbocycles. The number of alkyl halides is 4. The fourth-order valence-electron chi connectivity index (χ4n) is 3.09. The first kappa shape index (κ1) is 24.6. The fraction of sp³-hybridized carbons (Fsp3) is 0.208. The van der Waals surface area contributed by atoms with E-state index < -0.39 is 41.4 Å². The van der Waals surface area contributed by atoms with Crippen LogP contribution in [0.3, 0.4) is 0 Å². The van der Waals surface area contributed by atoms with Gasteiger partial charge in [0.1, 0.15) is 17.6 Å². The van der Waals surface area contributed by atoms with Crippen LogP contribution in [0, 0.1) is 6.92 Å². The van der Waals surface area contributed by atoms with E-state index >= 15 is 4.39 Å². The first-order valence-corrected chi connectivity index (χ1v) is 11.0. The summed E-state index contributed by atoms with van der Waals surface area (Å²) in [5.74, 6) is -2.12. The minimum absolute atomic E-state index is 0.128. The molecular weight excluding hydrogens is 458 g/mol. The molecule has 0 aromatic heterocycles. The third-order valence-corrected chi connectivity index (χ3v) is 6.06. The first-order valence-electron chi connectivity index (χ1n) is 9.89. The zero-order valence-corrected chi connectivity index (χ0v) is 18.3. The van der Waals surface area contributed by atoms with Crippen molar-refractivity contribution in [2.24, 2.45) is 0 Å². The van der Waals surface area contributed by atoms with Crippen LogP contribution in [0.5, 0.6) is 0 Å². The molecule has 0 heterocycles. The number of halogens is 4. The Labute approximate surface area is 191 Å². The molecule has 0 saturated carbocycles. The minimum atomic E-state index is -5.66. The Kier molecular flexibility index (Phi) is 7.65. The Bertz CT molecular complexity index is 1090. The summed E-state index contributed by atoms with van der Waals surface area (Å²) in [5.41, 5.74) is -3.49. The summed E-state index contributed by atoms with van der Waals surface area (Å²) in [7, 11) is -2.26. The Balaban J connectivity index is 1.98. The lowest BCUT2D eigenvalue weighted by Crippen LogP contribution is -2.57. The molecule has 33 heavy (non-hydrogen) atoms. The second kappa shape index (κ2) is 10.3. The Morgan fingerprint density at radius 1 is 0.909 bits per heavy atom. The molecule has 0 saturated heterocycles. The van der Waals surface area contributed by atoms with Crippen LogP contribution in [0.2, 0.25) is 0 Å². The minimum Gasteiger partial charge on any atom is -0.458 e. The topological polar surface area (TPSA) is 55.4 Å². The van der Waals surface area contributed by atoms with E-state index in [1.165, 1.54) is 54.6 Å². The predicted octanol–water partition coefficient (Wildman–Crippen LogP) is 5.36. The predicted molar refractivity (Wildman–Crippen MR) is 116 cm³/mol. The highest BCUT2D eigenvalue weighted by molar-refractivity contribution is 7.83. The van der Waals surface area contributed by atoms with Gasteiger partial charge in [0.2, 0.25) is 0 Å². The third kappa shape index (κ3) is 5.66. The molecule has 3 aromatic rings. The standard InChI is InChI=1S/C24H21F4NO3S/c1-17-12-14-20(15-13-17)33(31)29-21(19-10-6-3-7-11-19)23(25,24(26,27)28)22(30)32-16-18-8-4-2-5-9-18/h2-15,21,29H,16H2,1H3. The number of carbonyl (C=O) groups is 1. The van der Waals surface area contributed by atoms with Gasteiger partial charge in [-0.1, -0.05) is 78.4 Å². The van der Waals surface area contributed by atoms with Gasteiger partial charge in [-0.2, -0.15) is 13.2 Å². The zero-order chi connectivity index (χ0) is 24.1. The summed E-state index contributed by atoms with van der Waals surface area (Å²) in [6, 6.07) is 18.5. The van der Waals surface area contributed by atoms with Crippen LogP contribution in [-0.4, -0.2) is 22.0 Å². The van der Waals surface area contributed by atoms with Gasteiger partial charge in [0, 0.05) is 0 Å². The van der Waals surface area contributed by atoms with Gasteiger partial charge in [-0.3, -0.25) is 0 Å². The second-order valence-electron chi connectivity index (χ2n) is 7.31. The van der Waals surface area contributed by atoms with Gasteiger partial charge >= 0.3 is 17.8 Å². The number of esters is 1. The van der Waals surface area contributed by atoms with Crippen molar-refractivity contribution in [2.45, 2.75) is 36.3 Å². The van der Waals surface area contributed by atoms with E-state index in [4.69, 9.17) is 4.74 Å². The molecular formula is C24H21F4NO3S. The summed E-state index contributed by atoms with van der Waals surface area (Å²) in [6.45, 7) is 1.23. The number of carbonyl (C=O) groups excluding carboxylic acids is 1. The molecule has 0 amide bonds. The molecule has 4 nitrogen and oxygen atoms in total. The van der Waals surface area contributed by atoms with Gasteiger partial charge in [-0.15, -0.1) is 0 Å². The molecule has 3 rings (SSSR count). The third-order valence-electron chi connectivity index (χ3n) is 4.91. The number of aryl methyl sites for hydroxylation is 1. The lowest BCUT2D eigenvalue weighted by atomic mass is 9.90. The molecule has 1 N–H and O–H groups in total. The van der Waals surface area contributed by atoms with Crippen LogP contribution >= 0.6 is 0 Å². The Morgan fingerprint density at radius 2 is 1.45 bits per heavy atom. The summed E-state index contributed by atoms with van der Waals surface area (Å²) < 4.78 is 78.0. The van der Waals surface area contributed by atoms with Crippen molar-refractivity contribution in [2.75, 3.05) is 0 Å². The highest BCUT2D eigenvalue weighted by Gasteiger charge is 2.68. The SMILES string of the molecule is Cc1ccc(S(=O)NC(c2ccccc2)C(F)(C(=O)OCc2ccccc2)C(F)(F)F)cc1. The molecule has 0 bridgehead atoms. The van der Waals surface area contributed by atoms with Crippen LogP contribution in [0.25, 0.3) is 0 Å². The molecule has 3 unspecified atom stereocenters. The van der Waals surface area contributed by atoms with Gasteiger partial charge in [-0.25, -0.2) is 18.1 Å². The van der Waals surface area contributed by atoms with E-state index in [0.717, 1.165) is 5.56 Å². The number of hydrogen-bond donors (Lipinski definition) is 1. The molecule has 0 radical (unpaired) electrons. The van der Waals surface area contributed by atoms with Gasteiger partial charge in [-0.05, 0) is 30.2 Å². The quantitative estimate of drug-likeness (QED) is 0.350. The summed E-state index contributed by atoms with van der Waals surface area (Å²) >= 11 is 0. The molecule has 0 aliphatic carbocycles. The van der Waals surface area contributed by atoms with Crippen molar-refractivity contribution in [3.8, 4) is 0 Å². The van der Waals surface area contributed by atoms with Gasteiger partial charge in [0.05, 0.1) is 10.9 Å². The summed E-state index contributed by atoms with van der Waals surface area (Å²) in [4.78, 5) is 12.7. The number of rotatable bonds is 8. The Morgan fingerprint density at radius 3 is 2.00 bits per heavy atom. The van der Waals surface area contributed by atoms with Crippen molar-refractivity contribution in [3.05, 3.63) is 102 Å². The van der Waals surface area contributed by atoms with E-state index in [-0.39, 0.29) is 10.5 Å². The van der Waals surface area contributed by atoms with E-state index in [2.05, 4.69) is 4.72 Å². The van der Waals surface area contributed by atoms with Crippen molar-refractivity contribution in [1.82, 2.24) is 4.72 Å². The van der Waals surface area contributed by atoms with Crippen LogP contribution in [0.15, 0.2) is 89.8 Å². The van der Waals surface area contributed by atoms with E-state index in [9.17, 15) is 22.2 Å². The molecule has 0 spiro atoms. The second-order valence-corrected chi connectivity index (χ2v) is 8.56. The summed E-state index contributed by atoms with van der Waals surface area (Å²) in [6.07, 6.45) is -5.66. The molecule has 0 aliphatic heterocycles. The van der Waals surface area contributed by atoms with E-state index in [1.807, 2.05) is 0 Å². The van der Waals surface area contributed by atoms with Crippen LogP contribution in [0.1, 0.15) is 22.7 Å². The largest absolute Gasteiger partial charge is 0.458 e. The van der Waals surface area contributed by atoms with Crippen molar-refractivity contribution >= 4 is 17.0 Å². The molecule has 0 aliphatic rings. The van der Waals surface area contributed by atoms with E-state index in [1.54, 1.807) is 37.3 Å². The van der Waals surface area contributed by atoms with Gasteiger partial charge in [0.25, 0.3) is 0 Å². The van der Waals surface area contributed by atoms with Crippen LogP contribution in [-0.2, 0) is 27.1 Å². The van der Waals surface area contributed by atoms with Crippen LogP contribution < -0.4 is 4.72 Å². The number of benzene rings is 3. The first-order chi connectivity index (χ1) is 15.6. The van der Waals surface area contributed by atoms with E-state index in [0.29, 0.717) is 5.56 Å². The number of nitrogens with one attached hydrogen (secondary N) is 1. The average molecular weight is 479 g/mol. The maximum Gasteiger partial charge on any atom is 0.435 e. The van der Waals surface area contributed by atoms with Crippen LogP contribution in [0.4, 0.5) is 17.6 Å². The Hall–Kier alpha value is -3.04. The highest BCUT2D eigenvalue weighted by atomic mass is 32.2. The summed E-state index contributed by atoms with van der Waals surface area (Å²) in [5, 5.41) is 0. The maximum atomic E-state index is 15.9. The van der Waals surface area contributed by atoms with Crippen molar-refractivity contribution < 1.29 is 31.3 Å².